The maximum absolute atomic E-state index is 5.55. The molecule has 6 heteroatoms. The minimum Gasteiger partial charge on any atom is -0.495 e. The molecule has 88 valence electrons. The second kappa shape index (κ2) is 5.33. The quantitative estimate of drug-likeness (QED) is 0.586. The number of nitrogens with one attached hydrogen (secondary N) is 1. The first-order valence-electron chi connectivity index (χ1n) is 5.05. The van der Waals surface area contributed by atoms with Crippen molar-refractivity contribution < 1.29 is 4.74 Å². The van der Waals surface area contributed by atoms with E-state index < -0.39 is 0 Å². The summed E-state index contributed by atoms with van der Waals surface area (Å²) >= 11 is 0. The van der Waals surface area contributed by atoms with Gasteiger partial charge >= 0.3 is 0 Å². The molecule has 0 spiro atoms. The normalized spacial score (nSPS) is 12.1. The third kappa shape index (κ3) is 2.55. The molecule has 0 aromatic carbocycles. The zero-order chi connectivity index (χ0) is 12.1. The van der Waals surface area contributed by atoms with Crippen molar-refractivity contribution >= 4 is 0 Å². The average molecular weight is 231 g/mol. The van der Waals surface area contributed by atoms with Crippen LogP contribution >= 0.6 is 0 Å². The number of hydrogen-bond donors (Lipinski definition) is 2. The van der Waals surface area contributed by atoms with Gasteiger partial charge in [0.15, 0.2) is 0 Å². The molecule has 2 rings (SSSR count). The highest BCUT2D eigenvalue weighted by atomic mass is 16.5. The fraction of sp³-hybridized carbons (Fsp3) is 0.182. The van der Waals surface area contributed by atoms with Gasteiger partial charge in [0.25, 0.3) is 0 Å². The number of rotatable bonds is 4. The van der Waals surface area contributed by atoms with Crippen molar-refractivity contribution in [2.75, 3.05) is 7.11 Å². The van der Waals surface area contributed by atoms with Crippen LogP contribution in [-0.4, -0.2) is 22.1 Å². The van der Waals surface area contributed by atoms with E-state index in [0.717, 1.165) is 11.1 Å². The minimum atomic E-state index is -0.209. The van der Waals surface area contributed by atoms with Crippen LogP contribution in [0.25, 0.3) is 0 Å². The Morgan fingerprint density at radius 2 is 1.82 bits per heavy atom. The van der Waals surface area contributed by atoms with Crippen LogP contribution in [0.1, 0.15) is 17.2 Å². The van der Waals surface area contributed by atoms with E-state index in [1.54, 1.807) is 31.9 Å². The standard InChI is InChI=1S/C11H13N5O/c1-17-10-2-8(3-13-6-10)11(16-12)9-4-14-7-15-5-9/h2-7,11,16H,12H2,1H3. The Bertz CT molecular complexity index is 476. The van der Waals surface area contributed by atoms with Gasteiger partial charge in [-0.25, -0.2) is 15.4 Å². The predicted octanol–water partition coefficient (Wildman–Crippen LogP) is 0.433. The van der Waals surface area contributed by atoms with Crippen LogP contribution in [0.2, 0.25) is 0 Å². The Balaban J connectivity index is 2.35. The van der Waals surface area contributed by atoms with Crippen LogP contribution in [0.5, 0.6) is 5.75 Å². The molecule has 0 saturated carbocycles. The summed E-state index contributed by atoms with van der Waals surface area (Å²) in [5, 5.41) is 0. The van der Waals surface area contributed by atoms with Gasteiger partial charge in [0.1, 0.15) is 12.1 Å². The highest BCUT2D eigenvalue weighted by Crippen LogP contribution is 2.22. The molecule has 6 nitrogen and oxygen atoms in total. The van der Waals surface area contributed by atoms with Crippen LogP contribution in [0.15, 0.2) is 37.2 Å². The summed E-state index contributed by atoms with van der Waals surface area (Å²) in [5.74, 6) is 6.23. The molecular formula is C11H13N5O. The lowest BCUT2D eigenvalue weighted by Gasteiger charge is -2.15. The second-order valence-corrected chi connectivity index (χ2v) is 3.43. The van der Waals surface area contributed by atoms with E-state index in [2.05, 4.69) is 20.4 Å². The molecule has 0 aliphatic carbocycles. The van der Waals surface area contributed by atoms with E-state index in [4.69, 9.17) is 10.6 Å². The van der Waals surface area contributed by atoms with Gasteiger partial charge in [0.05, 0.1) is 19.3 Å². The first-order valence-corrected chi connectivity index (χ1v) is 5.05. The lowest BCUT2D eigenvalue weighted by Crippen LogP contribution is -2.29. The Labute approximate surface area is 98.9 Å². The van der Waals surface area contributed by atoms with E-state index >= 15 is 0 Å². The minimum absolute atomic E-state index is 0.209. The van der Waals surface area contributed by atoms with Gasteiger partial charge in [-0.05, 0) is 11.6 Å². The highest BCUT2D eigenvalue weighted by molar-refractivity contribution is 5.31. The maximum Gasteiger partial charge on any atom is 0.137 e. The number of ether oxygens (including phenoxy) is 1. The van der Waals surface area contributed by atoms with Crippen molar-refractivity contribution in [2.45, 2.75) is 6.04 Å². The van der Waals surface area contributed by atoms with E-state index in [1.165, 1.54) is 6.33 Å². The Kier molecular flexibility index (Phi) is 3.59. The summed E-state index contributed by atoms with van der Waals surface area (Å²) in [6.07, 6.45) is 8.24. The van der Waals surface area contributed by atoms with Crippen LogP contribution < -0.4 is 16.0 Å². The molecule has 0 saturated heterocycles. The molecule has 0 radical (unpaired) electrons. The molecule has 2 aromatic heterocycles. The third-order valence-electron chi connectivity index (χ3n) is 2.38. The van der Waals surface area contributed by atoms with Crippen LogP contribution in [0.4, 0.5) is 0 Å². The smallest absolute Gasteiger partial charge is 0.137 e. The zero-order valence-electron chi connectivity index (χ0n) is 9.37. The van der Waals surface area contributed by atoms with Gasteiger partial charge in [0, 0.05) is 24.2 Å². The summed E-state index contributed by atoms with van der Waals surface area (Å²) in [6, 6.07) is 1.66. The Morgan fingerprint density at radius 1 is 1.12 bits per heavy atom. The lowest BCUT2D eigenvalue weighted by atomic mass is 10.0. The summed E-state index contributed by atoms with van der Waals surface area (Å²) in [6.45, 7) is 0. The summed E-state index contributed by atoms with van der Waals surface area (Å²) in [7, 11) is 1.59. The number of nitrogens with two attached hydrogens (primary N) is 1. The third-order valence-corrected chi connectivity index (χ3v) is 2.38. The van der Waals surface area contributed by atoms with Gasteiger partial charge in [-0.2, -0.15) is 0 Å². The molecule has 0 aliphatic heterocycles. The van der Waals surface area contributed by atoms with Gasteiger partial charge in [0.2, 0.25) is 0 Å². The van der Waals surface area contributed by atoms with Gasteiger partial charge in [-0.15, -0.1) is 0 Å². The molecule has 2 heterocycles. The van der Waals surface area contributed by atoms with Gasteiger partial charge in [-0.3, -0.25) is 10.8 Å². The van der Waals surface area contributed by atoms with Crippen molar-refractivity contribution in [1.29, 1.82) is 0 Å². The highest BCUT2D eigenvalue weighted by Gasteiger charge is 2.13. The number of hydrogen-bond acceptors (Lipinski definition) is 6. The van der Waals surface area contributed by atoms with Gasteiger partial charge < -0.3 is 4.74 Å². The monoisotopic (exact) mass is 231 g/mol. The molecule has 0 bridgehead atoms. The average Bonchev–Trinajstić information content (AvgIpc) is 2.41. The van der Waals surface area contributed by atoms with E-state index in [1.807, 2.05) is 6.07 Å². The van der Waals surface area contributed by atoms with Crippen molar-refractivity contribution in [3.8, 4) is 5.75 Å². The van der Waals surface area contributed by atoms with Crippen molar-refractivity contribution in [1.82, 2.24) is 20.4 Å². The number of hydrazine groups is 1. The van der Waals surface area contributed by atoms with Crippen LogP contribution in [-0.2, 0) is 0 Å². The van der Waals surface area contributed by atoms with Crippen molar-refractivity contribution in [2.24, 2.45) is 5.84 Å². The number of pyridine rings is 1. The first-order chi connectivity index (χ1) is 8.35. The number of aromatic nitrogens is 3. The SMILES string of the molecule is COc1cncc(C(NN)c2cncnc2)c1. The largest absolute Gasteiger partial charge is 0.495 e. The maximum atomic E-state index is 5.55. The summed E-state index contributed by atoms with van der Waals surface area (Å²) < 4.78 is 5.12. The fourth-order valence-corrected chi connectivity index (χ4v) is 1.55. The molecule has 2 aromatic rings. The number of nitrogens with zero attached hydrogens (tertiary/aromatic N) is 3. The first kappa shape index (κ1) is 11.4. The summed E-state index contributed by atoms with van der Waals surface area (Å²) in [5.41, 5.74) is 4.47. The second-order valence-electron chi connectivity index (χ2n) is 3.43. The number of methoxy groups -OCH3 is 1. The molecular weight excluding hydrogens is 218 g/mol. The molecule has 1 unspecified atom stereocenters. The van der Waals surface area contributed by atoms with Crippen molar-refractivity contribution in [3.63, 3.8) is 0 Å². The molecule has 0 fully saturated rings. The van der Waals surface area contributed by atoms with E-state index in [-0.39, 0.29) is 6.04 Å². The summed E-state index contributed by atoms with van der Waals surface area (Å²) in [4.78, 5) is 12.0. The van der Waals surface area contributed by atoms with E-state index in [9.17, 15) is 0 Å². The van der Waals surface area contributed by atoms with Crippen molar-refractivity contribution in [3.05, 3.63) is 48.3 Å². The molecule has 1 atom stereocenters. The molecule has 0 aliphatic rings. The van der Waals surface area contributed by atoms with Crippen LogP contribution in [0.3, 0.4) is 0 Å². The Hall–Kier alpha value is -2.05. The van der Waals surface area contributed by atoms with E-state index in [0.29, 0.717) is 5.75 Å². The van der Waals surface area contributed by atoms with Crippen LogP contribution in [0, 0.1) is 0 Å². The molecule has 17 heavy (non-hydrogen) atoms. The predicted molar refractivity (Wildman–Crippen MR) is 62.0 cm³/mol. The Morgan fingerprint density at radius 3 is 2.47 bits per heavy atom. The van der Waals surface area contributed by atoms with Gasteiger partial charge in [-0.1, -0.05) is 0 Å². The fourth-order valence-electron chi connectivity index (χ4n) is 1.55. The lowest BCUT2D eigenvalue weighted by molar-refractivity contribution is 0.411. The molecule has 0 amide bonds. The molecule has 3 N–H and O–H groups in total. The zero-order valence-corrected chi connectivity index (χ0v) is 9.37. The topological polar surface area (TPSA) is 86.0 Å².